The summed E-state index contributed by atoms with van der Waals surface area (Å²) in [4.78, 5) is 14.7. The average Bonchev–Trinajstić information content (AvgIpc) is 3.15. The number of amides is 1. The first kappa shape index (κ1) is 17.8. The normalized spacial score (nSPS) is 13.0. The van der Waals surface area contributed by atoms with Gasteiger partial charge in [-0.25, -0.2) is 0 Å². The number of fused-ring (bicyclic) bond motifs is 1. The Morgan fingerprint density at radius 2 is 1.82 bits per heavy atom. The van der Waals surface area contributed by atoms with Gasteiger partial charge in [-0.05, 0) is 42.0 Å². The Hall–Kier alpha value is -3.61. The van der Waals surface area contributed by atoms with E-state index in [1.54, 1.807) is 46.0 Å². The van der Waals surface area contributed by atoms with Crippen molar-refractivity contribution in [2.24, 2.45) is 0 Å². The predicted molar refractivity (Wildman–Crippen MR) is 103 cm³/mol. The number of halogens is 1. The number of nitrogens with zero attached hydrogens (tertiary/aromatic N) is 5. The van der Waals surface area contributed by atoms with Crippen LogP contribution in [-0.2, 0) is 13.1 Å². The van der Waals surface area contributed by atoms with Gasteiger partial charge in [-0.1, -0.05) is 23.7 Å². The number of carbonyl (C=O) groups is 1. The van der Waals surface area contributed by atoms with E-state index in [4.69, 9.17) is 16.9 Å². The highest BCUT2D eigenvalue weighted by atomic mass is 35.5. The lowest BCUT2D eigenvalue weighted by Crippen LogP contribution is -2.39. The standard InChI is InChI=1S/C21H14ClN5O/c22-17-5-6-18(16(9-17)12-24)19-10-20-21(28)26(7-8-27(20)25-19)13-15-3-1-14(11-23)2-4-15/h1-6,9-10H,7-8,13H2. The van der Waals surface area contributed by atoms with Crippen LogP contribution in [0.2, 0.25) is 5.02 Å². The summed E-state index contributed by atoms with van der Waals surface area (Å²) < 4.78 is 1.68. The summed E-state index contributed by atoms with van der Waals surface area (Å²) in [5, 5.41) is 23.3. The minimum atomic E-state index is -0.109. The Balaban J connectivity index is 1.61. The molecule has 0 fully saturated rings. The van der Waals surface area contributed by atoms with Gasteiger partial charge in [-0.2, -0.15) is 15.6 Å². The molecule has 0 saturated heterocycles. The zero-order chi connectivity index (χ0) is 19.7. The first-order valence-electron chi connectivity index (χ1n) is 8.65. The van der Waals surface area contributed by atoms with Crippen LogP contribution in [0.3, 0.4) is 0 Å². The fraction of sp³-hybridized carbons (Fsp3) is 0.143. The highest BCUT2D eigenvalue weighted by Crippen LogP contribution is 2.27. The maximum absolute atomic E-state index is 12.9. The third-order valence-electron chi connectivity index (χ3n) is 4.70. The van der Waals surface area contributed by atoms with Gasteiger partial charge < -0.3 is 4.90 Å². The second kappa shape index (κ2) is 7.19. The molecule has 4 rings (SSSR count). The van der Waals surface area contributed by atoms with Crippen molar-refractivity contribution < 1.29 is 4.79 Å². The monoisotopic (exact) mass is 387 g/mol. The topological polar surface area (TPSA) is 85.7 Å². The molecule has 0 aliphatic carbocycles. The number of nitriles is 2. The fourth-order valence-electron chi connectivity index (χ4n) is 3.26. The SMILES string of the molecule is N#Cc1ccc(CN2CCn3nc(-c4ccc(Cl)cc4C#N)cc3C2=O)cc1. The summed E-state index contributed by atoms with van der Waals surface area (Å²) in [5.74, 6) is -0.109. The average molecular weight is 388 g/mol. The summed E-state index contributed by atoms with van der Waals surface area (Å²) in [6.07, 6.45) is 0. The molecular weight excluding hydrogens is 374 g/mol. The summed E-state index contributed by atoms with van der Waals surface area (Å²) in [5.41, 5.74) is 3.70. The zero-order valence-corrected chi connectivity index (χ0v) is 15.5. The molecule has 0 bridgehead atoms. The first-order valence-corrected chi connectivity index (χ1v) is 9.03. The van der Waals surface area contributed by atoms with Gasteiger partial charge in [0.05, 0.1) is 35.5 Å². The van der Waals surface area contributed by atoms with Gasteiger partial charge in [0.15, 0.2) is 0 Å². The van der Waals surface area contributed by atoms with Gasteiger partial charge in [0.1, 0.15) is 5.69 Å². The Morgan fingerprint density at radius 1 is 1.04 bits per heavy atom. The van der Waals surface area contributed by atoms with E-state index in [1.165, 1.54) is 0 Å². The van der Waals surface area contributed by atoms with Crippen LogP contribution in [0, 0.1) is 22.7 Å². The van der Waals surface area contributed by atoms with Crippen LogP contribution in [-0.4, -0.2) is 27.1 Å². The number of rotatable bonds is 3. The van der Waals surface area contributed by atoms with Crippen molar-refractivity contribution in [1.29, 1.82) is 10.5 Å². The fourth-order valence-corrected chi connectivity index (χ4v) is 3.43. The Labute approximate surface area is 166 Å². The van der Waals surface area contributed by atoms with Crippen molar-refractivity contribution in [3.63, 3.8) is 0 Å². The van der Waals surface area contributed by atoms with E-state index < -0.39 is 0 Å². The van der Waals surface area contributed by atoms with Gasteiger partial charge in [0, 0.05) is 23.7 Å². The van der Waals surface area contributed by atoms with Gasteiger partial charge >= 0.3 is 0 Å². The van der Waals surface area contributed by atoms with Crippen LogP contribution in [0.5, 0.6) is 0 Å². The van der Waals surface area contributed by atoms with Crippen LogP contribution >= 0.6 is 11.6 Å². The lowest BCUT2D eigenvalue weighted by atomic mass is 10.1. The minimum absolute atomic E-state index is 0.109. The van der Waals surface area contributed by atoms with E-state index in [1.807, 2.05) is 12.1 Å². The predicted octanol–water partition coefficient (Wildman–Crippen LogP) is 3.60. The zero-order valence-electron chi connectivity index (χ0n) is 14.8. The molecule has 1 aliphatic heterocycles. The second-order valence-electron chi connectivity index (χ2n) is 6.48. The minimum Gasteiger partial charge on any atom is -0.331 e. The van der Waals surface area contributed by atoms with E-state index >= 15 is 0 Å². The summed E-state index contributed by atoms with van der Waals surface area (Å²) in [7, 11) is 0. The smallest absolute Gasteiger partial charge is 0.272 e. The molecule has 6 nitrogen and oxygen atoms in total. The molecule has 1 aromatic heterocycles. The van der Waals surface area contributed by atoms with Crippen molar-refractivity contribution in [2.45, 2.75) is 13.1 Å². The second-order valence-corrected chi connectivity index (χ2v) is 6.91. The Kier molecular flexibility index (Phi) is 4.57. The summed E-state index contributed by atoms with van der Waals surface area (Å²) in [6, 6.07) is 18.2. The van der Waals surface area contributed by atoms with Gasteiger partial charge in [-0.3, -0.25) is 9.48 Å². The highest BCUT2D eigenvalue weighted by molar-refractivity contribution is 6.30. The third-order valence-corrected chi connectivity index (χ3v) is 4.94. The molecule has 0 spiro atoms. The van der Waals surface area contributed by atoms with E-state index in [0.717, 1.165) is 5.56 Å². The molecule has 1 amide bonds. The molecule has 1 aliphatic rings. The van der Waals surface area contributed by atoms with Gasteiger partial charge in [-0.15, -0.1) is 0 Å². The molecule has 2 heterocycles. The van der Waals surface area contributed by atoms with Crippen molar-refractivity contribution in [1.82, 2.24) is 14.7 Å². The summed E-state index contributed by atoms with van der Waals surface area (Å²) in [6.45, 7) is 1.58. The van der Waals surface area contributed by atoms with Crippen LogP contribution in [0.25, 0.3) is 11.3 Å². The molecule has 0 atom stereocenters. The molecule has 0 N–H and O–H groups in total. The quantitative estimate of drug-likeness (QED) is 0.687. The largest absolute Gasteiger partial charge is 0.331 e. The van der Waals surface area contributed by atoms with Crippen LogP contribution in [0.4, 0.5) is 0 Å². The molecule has 2 aromatic carbocycles. The molecule has 0 radical (unpaired) electrons. The molecule has 28 heavy (non-hydrogen) atoms. The highest BCUT2D eigenvalue weighted by Gasteiger charge is 2.27. The number of hydrogen-bond acceptors (Lipinski definition) is 4. The lowest BCUT2D eigenvalue weighted by Gasteiger charge is -2.27. The van der Waals surface area contributed by atoms with E-state index in [9.17, 15) is 10.1 Å². The Morgan fingerprint density at radius 3 is 2.54 bits per heavy atom. The lowest BCUT2D eigenvalue weighted by molar-refractivity contribution is 0.0683. The number of carbonyl (C=O) groups excluding carboxylic acids is 1. The molecule has 0 saturated carbocycles. The van der Waals surface area contributed by atoms with Gasteiger partial charge in [0.25, 0.3) is 5.91 Å². The van der Waals surface area contributed by atoms with Crippen molar-refractivity contribution in [3.8, 4) is 23.4 Å². The van der Waals surface area contributed by atoms with Crippen molar-refractivity contribution in [2.75, 3.05) is 6.54 Å². The maximum Gasteiger partial charge on any atom is 0.272 e. The number of hydrogen-bond donors (Lipinski definition) is 0. The molecule has 0 unspecified atom stereocenters. The Bertz CT molecular complexity index is 1150. The van der Waals surface area contributed by atoms with Crippen LogP contribution < -0.4 is 0 Å². The van der Waals surface area contributed by atoms with Crippen molar-refractivity contribution in [3.05, 3.63) is 75.9 Å². The summed E-state index contributed by atoms with van der Waals surface area (Å²) >= 11 is 5.97. The third kappa shape index (κ3) is 3.22. The van der Waals surface area contributed by atoms with E-state index in [0.29, 0.717) is 52.7 Å². The first-order chi connectivity index (χ1) is 13.6. The molecule has 3 aromatic rings. The van der Waals surface area contributed by atoms with E-state index in [-0.39, 0.29) is 5.91 Å². The van der Waals surface area contributed by atoms with E-state index in [2.05, 4.69) is 17.2 Å². The van der Waals surface area contributed by atoms with Crippen LogP contribution in [0.1, 0.15) is 27.2 Å². The number of aromatic nitrogens is 2. The van der Waals surface area contributed by atoms with Crippen molar-refractivity contribution >= 4 is 17.5 Å². The molecular formula is C21H14ClN5O. The number of benzene rings is 2. The molecule has 7 heteroatoms. The maximum atomic E-state index is 12.9. The van der Waals surface area contributed by atoms with Crippen LogP contribution in [0.15, 0.2) is 48.5 Å². The molecule has 136 valence electrons. The van der Waals surface area contributed by atoms with Gasteiger partial charge in [0.2, 0.25) is 0 Å².